The Balaban J connectivity index is 2.66. The summed E-state index contributed by atoms with van der Waals surface area (Å²) in [6.45, 7) is 0.293. The Bertz CT molecular complexity index is 421. The van der Waals surface area contributed by atoms with Crippen molar-refractivity contribution in [1.82, 2.24) is 0 Å². The van der Waals surface area contributed by atoms with E-state index in [0.717, 1.165) is 0 Å². The fourth-order valence-corrected chi connectivity index (χ4v) is 1.41. The van der Waals surface area contributed by atoms with E-state index in [0.29, 0.717) is 12.2 Å². The van der Waals surface area contributed by atoms with Crippen LogP contribution in [-0.4, -0.2) is 23.5 Å². The summed E-state index contributed by atoms with van der Waals surface area (Å²) >= 11 is 5.81. The summed E-state index contributed by atoms with van der Waals surface area (Å²) in [6, 6.07) is 4.64. The molecule has 0 radical (unpaired) electrons. The van der Waals surface area contributed by atoms with Gasteiger partial charge in [-0.1, -0.05) is 11.6 Å². The first kappa shape index (κ1) is 12.3. The number of hydrogen-bond acceptors (Lipinski definition) is 3. The molecule has 5 nitrogen and oxygen atoms in total. The van der Waals surface area contributed by atoms with Gasteiger partial charge in [-0.2, -0.15) is 0 Å². The van der Waals surface area contributed by atoms with Crippen LogP contribution in [0.1, 0.15) is 16.8 Å². The zero-order valence-electron chi connectivity index (χ0n) is 8.37. The number of halogens is 1. The number of carboxylic acids is 1. The molecule has 1 aromatic carbocycles. The molecule has 16 heavy (non-hydrogen) atoms. The number of rotatable bonds is 5. The van der Waals surface area contributed by atoms with E-state index in [-0.39, 0.29) is 17.0 Å². The lowest BCUT2D eigenvalue weighted by Gasteiger charge is -2.06. The summed E-state index contributed by atoms with van der Waals surface area (Å²) in [7, 11) is 0. The standard InChI is InChI=1S/C10H11ClN2O3/c11-8-5-6(13-4-3-9(14)15)1-2-7(8)10(12)16/h1-2,5,13H,3-4H2,(H2,12,16)(H,14,15). The van der Waals surface area contributed by atoms with E-state index in [1.807, 2.05) is 0 Å². The summed E-state index contributed by atoms with van der Waals surface area (Å²) < 4.78 is 0. The van der Waals surface area contributed by atoms with Gasteiger partial charge in [-0.05, 0) is 18.2 Å². The molecule has 0 fully saturated rings. The summed E-state index contributed by atoms with van der Waals surface area (Å²) in [6.07, 6.45) is 0.00912. The molecule has 86 valence electrons. The molecule has 0 aliphatic heterocycles. The minimum atomic E-state index is -0.882. The van der Waals surface area contributed by atoms with E-state index in [2.05, 4.69) is 5.32 Å². The maximum atomic E-state index is 10.9. The maximum Gasteiger partial charge on any atom is 0.305 e. The second-order valence-electron chi connectivity index (χ2n) is 3.13. The second kappa shape index (κ2) is 5.37. The number of nitrogens with one attached hydrogen (secondary N) is 1. The van der Waals surface area contributed by atoms with Crippen LogP contribution in [0.3, 0.4) is 0 Å². The normalized spacial score (nSPS) is 9.81. The number of nitrogens with two attached hydrogens (primary N) is 1. The zero-order chi connectivity index (χ0) is 12.1. The second-order valence-corrected chi connectivity index (χ2v) is 3.54. The van der Waals surface area contributed by atoms with Crippen LogP contribution < -0.4 is 11.1 Å². The van der Waals surface area contributed by atoms with E-state index >= 15 is 0 Å². The number of anilines is 1. The molecule has 0 spiro atoms. The summed E-state index contributed by atoms with van der Waals surface area (Å²) in [5, 5.41) is 11.5. The molecule has 1 rings (SSSR count). The molecule has 0 heterocycles. The van der Waals surface area contributed by atoms with Crippen molar-refractivity contribution in [3.05, 3.63) is 28.8 Å². The van der Waals surface area contributed by atoms with Gasteiger partial charge in [0.05, 0.1) is 17.0 Å². The van der Waals surface area contributed by atoms with Crippen molar-refractivity contribution < 1.29 is 14.7 Å². The Morgan fingerprint density at radius 2 is 2.12 bits per heavy atom. The third kappa shape index (κ3) is 3.43. The van der Waals surface area contributed by atoms with E-state index < -0.39 is 11.9 Å². The first-order valence-corrected chi connectivity index (χ1v) is 4.93. The van der Waals surface area contributed by atoms with Crippen molar-refractivity contribution in [2.24, 2.45) is 5.73 Å². The Morgan fingerprint density at radius 1 is 1.44 bits per heavy atom. The highest BCUT2D eigenvalue weighted by Crippen LogP contribution is 2.20. The number of benzene rings is 1. The molecule has 1 aromatic rings. The SMILES string of the molecule is NC(=O)c1ccc(NCCC(=O)O)cc1Cl. The summed E-state index contributed by atoms with van der Waals surface area (Å²) in [5.74, 6) is -1.48. The fraction of sp³-hybridized carbons (Fsp3) is 0.200. The van der Waals surface area contributed by atoms with Crippen molar-refractivity contribution >= 4 is 29.2 Å². The van der Waals surface area contributed by atoms with Gasteiger partial charge in [0.25, 0.3) is 0 Å². The summed E-state index contributed by atoms with van der Waals surface area (Å²) in [4.78, 5) is 21.1. The minimum absolute atomic E-state index is 0.00912. The third-order valence-electron chi connectivity index (χ3n) is 1.90. The van der Waals surface area contributed by atoms with Gasteiger partial charge in [-0.15, -0.1) is 0 Å². The van der Waals surface area contributed by atoms with Gasteiger partial charge < -0.3 is 16.2 Å². The molecule has 4 N–H and O–H groups in total. The quantitative estimate of drug-likeness (QED) is 0.726. The van der Waals surface area contributed by atoms with E-state index in [9.17, 15) is 9.59 Å². The van der Waals surface area contributed by atoms with Crippen LogP contribution in [0.15, 0.2) is 18.2 Å². The average molecular weight is 243 g/mol. The Kier molecular flexibility index (Phi) is 4.13. The van der Waals surface area contributed by atoms with Crippen LogP contribution in [0.5, 0.6) is 0 Å². The van der Waals surface area contributed by atoms with Crippen LogP contribution in [-0.2, 0) is 4.79 Å². The third-order valence-corrected chi connectivity index (χ3v) is 2.22. The highest BCUT2D eigenvalue weighted by atomic mass is 35.5. The molecule has 0 atom stereocenters. The molecule has 1 amide bonds. The summed E-state index contributed by atoms with van der Waals surface area (Å²) in [5.41, 5.74) is 5.97. The molecular formula is C10H11ClN2O3. The number of carboxylic acid groups (broad SMARTS) is 1. The van der Waals surface area contributed by atoms with E-state index in [1.54, 1.807) is 6.07 Å². The van der Waals surface area contributed by atoms with Crippen molar-refractivity contribution in [2.45, 2.75) is 6.42 Å². The molecule has 0 saturated heterocycles. The molecule has 0 saturated carbocycles. The molecule has 0 aliphatic carbocycles. The number of amides is 1. The highest BCUT2D eigenvalue weighted by molar-refractivity contribution is 6.34. The predicted molar refractivity (Wildman–Crippen MR) is 60.7 cm³/mol. The van der Waals surface area contributed by atoms with Crippen molar-refractivity contribution in [3.8, 4) is 0 Å². The molecule has 0 aliphatic rings. The number of carbonyl (C=O) groups is 2. The topological polar surface area (TPSA) is 92.4 Å². The zero-order valence-corrected chi connectivity index (χ0v) is 9.12. The van der Waals surface area contributed by atoms with Crippen molar-refractivity contribution in [1.29, 1.82) is 0 Å². The Hall–Kier alpha value is -1.75. The van der Waals surface area contributed by atoms with E-state index in [1.165, 1.54) is 12.1 Å². The number of carbonyl (C=O) groups excluding carboxylic acids is 1. The first-order valence-electron chi connectivity index (χ1n) is 4.55. The predicted octanol–water partition coefficient (Wildman–Crippen LogP) is 1.33. The lowest BCUT2D eigenvalue weighted by molar-refractivity contribution is -0.136. The van der Waals surface area contributed by atoms with Gasteiger partial charge in [-0.25, -0.2) is 0 Å². The molecule has 0 bridgehead atoms. The van der Waals surface area contributed by atoms with Gasteiger partial charge in [-0.3, -0.25) is 9.59 Å². The molecule has 0 aromatic heterocycles. The Morgan fingerprint density at radius 3 is 2.62 bits per heavy atom. The largest absolute Gasteiger partial charge is 0.481 e. The molecular weight excluding hydrogens is 232 g/mol. The lowest BCUT2D eigenvalue weighted by Crippen LogP contribution is -2.12. The van der Waals surface area contributed by atoms with Gasteiger partial charge in [0.1, 0.15) is 0 Å². The molecule has 6 heteroatoms. The van der Waals surface area contributed by atoms with Gasteiger partial charge >= 0.3 is 5.97 Å². The molecule has 0 unspecified atom stereocenters. The van der Waals surface area contributed by atoms with Crippen LogP contribution in [0.2, 0.25) is 5.02 Å². The fourth-order valence-electron chi connectivity index (χ4n) is 1.14. The van der Waals surface area contributed by atoms with Crippen molar-refractivity contribution in [3.63, 3.8) is 0 Å². The average Bonchev–Trinajstić information content (AvgIpc) is 2.16. The van der Waals surface area contributed by atoms with E-state index in [4.69, 9.17) is 22.4 Å². The number of hydrogen-bond donors (Lipinski definition) is 3. The number of aliphatic carboxylic acids is 1. The lowest BCUT2D eigenvalue weighted by atomic mass is 10.2. The van der Waals surface area contributed by atoms with Crippen LogP contribution in [0, 0.1) is 0 Å². The highest BCUT2D eigenvalue weighted by Gasteiger charge is 2.06. The number of primary amides is 1. The van der Waals surface area contributed by atoms with Gasteiger partial charge in [0.15, 0.2) is 0 Å². The van der Waals surface area contributed by atoms with Crippen LogP contribution in [0.25, 0.3) is 0 Å². The van der Waals surface area contributed by atoms with Gasteiger partial charge in [0.2, 0.25) is 5.91 Å². The maximum absolute atomic E-state index is 10.9. The minimum Gasteiger partial charge on any atom is -0.481 e. The van der Waals surface area contributed by atoms with Gasteiger partial charge in [0, 0.05) is 12.2 Å². The first-order chi connectivity index (χ1) is 7.50. The Labute approximate surface area is 97.2 Å². The monoisotopic (exact) mass is 242 g/mol. The van der Waals surface area contributed by atoms with Crippen LogP contribution >= 0.6 is 11.6 Å². The van der Waals surface area contributed by atoms with Crippen LogP contribution in [0.4, 0.5) is 5.69 Å². The van der Waals surface area contributed by atoms with Crippen molar-refractivity contribution in [2.75, 3.05) is 11.9 Å². The smallest absolute Gasteiger partial charge is 0.305 e.